The zero-order valence-corrected chi connectivity index (χ0v) is 11.3. The molecule has 0 fully saturated rings. The van der Waals surface area contributed by atoms with Crippen LogP contribution in [0.3, 0.4) is 0 Å². The van der Waals surface area contributed by atoms with E-state index in [0.29, 0.717) is 11.4 Å². The Hall–Kier alpha value is -3.03. The molecule has 1 amide bonds. The maximum Gasteiger partial charge on any atom is 0.253 e. The van der Waals surface area contributed by atoms with Crippen molar-refractivity contribution in [1.82, 2.24) is 30.9 Å². The Morgan fingerprint density at radius 3 is 2.81 bits per heavy atom. The molecule has 0 aliphatic rings. The molecule has 8 nitrogen and oxygen atoms in total. The van der Waals surface area contributed by atoms with Gasteiger partial charge in [0, 0.05) is 18.6 Å². The van der Waals surface area contributed by atoms with Gasteiger partial charge in [-0.05, 0) is 5.39 Å². The second kappa shape index (κ2) is 5.53. The van der Waals surface area contributed by atoms with Crippen molar-refractivity contribution in [3.8, 4) is 0 Å². The lowest BCUT2D eigenvalue weighted by Gasteiger charge is -2.09. The lowest BCUT2D eigenvalue weighted by atomic mass is 10.1. The lowest BCUT2D eigenvalue weighted by Crippen LogP contribution is -2.24. The predicted octanol–water partition coefficient (Wildman–Crippen LogP) is 0.720. The summed E-state index contributed by atoms with van der Waals surface area (Å²) in [5, 5.41) is 20.8. The number of pyridine rings is 1. The van der Waals surface area contributed by atoms with Gasteiger partial charge in [-0.1, -0.05) is 29.5 Å². The molecule has 3 aromatic rings. The SMILES string of the molecule is CNc1ncc(C(=O)NCc2nn[nH]n2)c2ccccc12. The fraction of sp³-hybridized carbons (Fsp3) is 0.154. The third-order valence-corrected chi connectivity index (χ3v) is 3.07. The number of H-pyrrole nitrogens is 1. The summed E-state index contributed by atoms with van der Waals surface area (Å²) in [6, 6.07) is 7.61. The van der Waals surface area contributed by atoms with E-state index in [1.54, 1.807) is 13.2 Å². The highest BCUT2D eigenvalue weighted by atomic mass is 16.1. The van der Waals surface area contributed by atoms with Crippen LogP contribution in [0.1, 0.15) is 16.2 Å². The van der Waals surface area contributed by atoms with E-state index in [2.05, 4.69) is 36.2 Å². The predicted molar refractivity (Wildman–Crippen MR) is 76.6 cm³/mol. The number of benzene rings is 1. The maximum absolute atomic E-state index is 12.3. The molecule has 8 heteroatoms. The third-order valence-electron chi connectivity index (χ3n) is 3.07. The molecule has 0 spiro atoms. The van der Waals surface area contributed by atoms with Crippen molar-refractivity contribution in [3.05, 3.63) is 41.9 Å². The summed E-state index contributed by atoms with van der Waals surface area (Å²) in [5.41, 5.74) is 0.507. The summed E-state index contributed by atoms with van der Waals surface area (Å²) in [7, 11) is 1.80. The van der Waals surface area contributed by atoms with Crippen LogP contribution in [0.2, 0.25) is 0 Å². The number of hydrogen-bond acceptors (Lipinski definition) is 6. The molecule has 2 heterocycles. The van der Waals surface area contributed by atoms with Gasteiger partial charge in [-0.2, -0.15) is 5.21 Å². The van der Waals surface area contributed by atoms with E-state index in [4.69, 9.17) is 0 Å². The van der Waals surface area contributed by atoms with Crippen LogP contribution in [-0.4, -0.2) is 38.6 Å². The highest BCUT2D eigenvalue weighted by Gasteiger charge is 2.13. The molecule has 0 aliphatic carbocycles. The molecule has 0 saturated heterocycles. The first kappa shape index (κ1) is 13.0. The van der Waals surface area contributed by atoms with E-state index in [9.17, 15) is 4.79 Å². The molecule has 0 radical (unpaired) electrons. The summed E-state index contributed by atoms with van der Waals surface area (Å²) in [6.45, 7) is 0.206. The van der Waals surface area contributed by atoms with Gasteiger partial charge in [0.15, 0.2) is 5.82 Å². The first-order chi connectivity index (χ1) is 10.3. The van der Waals surface area contributed by atoms with Crippen molar-refractivity contribution in [2.75, 3.05) is 12.4 Å². The number of nitrogens with zero attached hydrogens (tertiary/aromatic N) is 4. The molecule has 3 N–H and O–H groups in total. The molecule has 106 valence electrons. The number of anilines is 1. The van der Waals surface area contributed by atoms with Gasteiger partial charge in [-0.15, -0.1) is 10.2 Å². The Balaban J connectivity index is 1.91. The Labute approximate surface area is 120 Å². The quantitative estimate of drug-likeness (QED) is 0.651. The molecule has 3 rings (SSSR count). The van der Waals surface area contributed by atoms with E-state index < -0.39 is 0 Å². The fourth-order valence-corrected chi connectivity index (χ4v) is 2.08. The van der Waals surface area contributed by atoms with Gasteiger partial charge in [0.2, 0.25) is 0 Å². The lowest BCUT2D eigenvalue weighted by molar-refractivity contribution is 0.0951. The highest BCUT2D eigenvalue weighted by Crippen LogP contribution is 2.23. The van der Waals surface area contributed by atoms with Crippen LogP contribution in [0, 0.1) is 0 Å². The van der Waals surface area contributed by atoms with Crippen LogP contribution >= 0.6 is 0 Å². The molecule has 0 unspecified atom stereocenters. The Morgan fingerprint density at radius 1 is 1.29 bits per heavy atom. The summed E-state index contributed by atoms with van der Waals surface area (Å²) in [5.74, 6) is 0.930. The van der Waals surface area contributed by atoms with Crippen molar-refractivity contribution in [3.63, 3.8) is 0 Å². The molecule has 0 atom stereocenters. The third kappa shape index (κ3) is 2.50. The topological polar surface area (TPSA) is 108 Å². The van der Waals surface area contributed by atoms with Gasteiger partial charge in [0.25, 0.3) is 5.91 Å². The number of hydrogen-bond donors (Lipinski definition) is 3. The number of rotatable bonds is 4. The van der Waals surface area contributed by atoms with Crippen LogP contribution in [0.15, 0.2) is 30.5 Å². The molecule has 2 aromatic heterocycles. The normalized spacial score (nSPS) is 10.5. The summed E-state index contributed by atoms with van der Waals surface area (Å²) < 4.78 is 0. The van der Waals surface area contributed by atoms with Gasteiger partial charge in [0.1, 0.15) is 5.82 Å². The Bertz CT molecular complexity index is 769. The minimum absolute atomic E-state index is 0.206. The van der Waals surface area contributed by atoms with Crippen molar-refractivity contribution in [1.29, 1.82) is 0 Å². The van der Waals surface area contributed by atoms with Crippen LogP contribution < -0.4 is 10.6 Å². The van der Waals surface area contributed by atoms with Crippen LogP contribution in [0.25, 0.3) is 10.8 Å². The first-order valence-corrected chi connectivity index (χ1v) is 6.35. The van der Waals surface area contributed by atoms with Crippen LogP contribution in [0.5, 0.6) is 0 Å². The van der Waals surface area contributed by atoms with E-state index >= 15 is 0 Å². The number of aromatic amines is 1. The Kier molecular flexibility index (Phi) is 3.42. The molecular formula is C13H13N7O. The maximum atomic E-state index is 12.3. The first-order valence-electron chi connectivity index (χ1n) is 6.35. The smallest absolute Gasteiger partial charge is 0.253 e. The minimum Gasteiger partial charge on any atom is -0.373 e. The summed E-state index contributed by atoms with van der Waals surface area (Å²) >= 11 is 0. The zero-order chi connectivity index (χ0) is 14.7. The van der Waals surface area contributed by atoms with E-state index in [-0.39, 0.29) is 12.5 Å². The van der Waals surface area contributed by atoms with Crippen LogP contribution in [0.4, 0.5) is 5.82 Å². The monoisotopic (exact) mass is 283 g/mol. The molecule has 0 bridgehead atoms. The highest BCUT2D eigenvalue weighted by molar-refractivity contribution is 6.09. The minimum atomic E-state index is -0.230. The van der Waals surface area contributed by atoms with Crippen molar-refractivity contribution in [2.45, 2.75) is 6.54 Å². The van der Waals surface area contributed by atoms with Gasteiger partial charge in [-0.25, -0.2) is 4.98 Å². The molecular weight excluding hydrogens is 270 g/mol. The molecule has 21 heavy (non-hydrogen) atoms. The van der Waals surface area contributed by atoms with Gasteiger partial charge in [-0.3, -0.25) is 4.79 Å². The molecule has 1 aromatic carbocycles. The van der Waals surface area contributed by atoms with Crippen molar-refractivity contribution in [2.24, 2.45) is 0 Å². The summed E-state index contributed by atoms with van der Waals surface area (Å²) in [4.78, 5) is 16.6. The number of nitrogens with one attached hydrogen (secondary N) is 3. The fourth-order valence-electron chi connectivity index (χ4n) is 2.08. The van der Waals surface area contributed by atoms with E-state index in [0.717, 1.165) is 16.6 Å². The zero-order valence-electron chi connectivity index (χ0n) is 11.3. The second-order valence-corrected chi connectivity index (χ2v) is 4.33. The summed E-state index contributed by atoms with van der Waals surface area (Å²) in [6.07, 6.45) is 1.56. The molecule has 0 saturated carbocycles. The molecule has 0 aliphatic heterocycles. The van der Waals surface area contributed by atoms with Gasteiger partial charge >= 0.3 is 0 Å². The van der Waals surface area contributed by atoms with E-state index in [1.807, 2.05) is 24.3 Å². The number of fused-ring (bicyclic) bond motifs is 1. The number of aromatic nitrogens is 5. The standard InChI is InChI=1S/C13H13N7O/c1-14-12-9-5-3-2-4-8(9)10(6-15-12)13(21)16-7-11-17-19-20-18-11/h2-6H,7H2,1H3,(H,14,15)(H,16,21)(H,17,18,19,20). The van der Waals surface area contributed by atoms with Gasteiger partial charge < -0.3 is 10.6 Å². The largest absolute Gasteiger partial charge is 0.373 e. The van der Waals surface area contributed by atoms with E-state index in [1.165, 1.54) is 0 Å². The van der Waals surface area contributed by atoms with Crippen molar-refractivity contribution < 1.29 is 4.79 Å². The number of carbonyl (C=O) groups excluding carboxylic acids is 1. The van der Waals surface area contributed by atoms with Crippen molar-refractivity contribution >= 4 is 22.5 Å². The second-order valence-electron chi connectivity index (χ2n) is 4.33. The average Bonchev–Trinajstić information content (AvgIpc) is 3.05. The number of amides is 1. The number of tetrazole rings is 1. The Morgan fingerprint density at radius 2 is 2.10 bits per heavy atom. The van der Waals surface area contributed by atoms with Crippen LogP contribution in [-0.2, 0) is 6.54 Å². The average molecular weight is 283 g/mol. The van der Waals surface area contributed by atoms with Gasteiger partial charge in [0.05, 0.1) is 12.1 Å². The number of carbonyl (C=O) groups is 1.